The standard InChI is InChI=1S/C12H23N2.C12H25N.C12H21N.2C11H20N2.5C2H6/c1-11(2,3)10-8-9-13(7)14(10)12(4,5)6;2*1-11(2,3)10-8-7-9-13(10)12(4,5)6;1-10(2,3)9-7-12-8-13(9)11(4,5)6;1-10(2,3)9-12-7-8-13(9)11(4,5)6;5*1-2/h8-9H,1-7H3;10H,7-9H2,1-6H3;7-9H,1-6H3;2*7-8H,1-6H3;5*1-2H3/q+1;;;;;;;;;. The van der Waals surface area contributed by atoms with Gasteiger partial charge in [-0.15, -0.1) is 4.68 Å². The first kappa shape index (κ1) is 81.7. The normalized spacial score (nSPS) is 14.3. The molecule has 0 amide bonds. The average molecular weight is 1070 g/mol. The molecule has 0 aromatic carbocycles. The summed E-state index contributed by atoms with van der Waals surface area (Å²) in [5, 5.41) is 0. The van der Waals surface area contributed by atoms with Crippen molar-refractivity contribution in [3.8, 4) is 0 Å². The van der Waals surface area contributed by atoms with Crippen molar-refractivity contribution in [3.63, 3.8) is 0 Å². The fourth-order valence-electron chi connectivity index (χ4n) is 8.72. The Morgan fingerprint density at radius 1 is 0.447 bits per heavy atom. The van der Waals surface area contributed by atoms with Crippen molar-refractivity contribution in [1.29, 1.82) is 0 Å². The zero-order valence-electron chi connectivity index (χ0n) is 59.5. The minimum absolute atomic E-state index is 0.122. The van der Waals surface area contributed by atoms with Crippen LogP contribution in [0.25, 0.3) is 0 Å². The molecule has 1 fully saturated rings. The number of likely N-dealkylation sites (tertiary alicyclic amines) is 1. The van der Waals surface area contributed by atoms with E-state index in [9.17, 15) is 0 Å². The Kier molecular flexibility index (Phi) is 36.0. The van der Waals surface area contributed by atoms with Crippen LogP contribution in [0.5, 0.6) is 0 Å². The maximum Gasteiger partial charge on any atom is 0.195 e. The second-order valence-corrected chi connectivity index (χ2v) is 29.2. The van der Waals surface area contributed by atoms with Crippen LogP contribution >= 0.6 is 0 Å². The number of imidazole rings is 2. The second-order valence-electron chi connectivity index (χ2n) is 29.2. The van der Waals surface area contributed by atoms with E-state index in [0.717, 1.165) is 11.9 Å². The highest BCUT2D eigenvalue weighted by Gasteiger charge is 2.39. The van der Waals surface area contributed by atoms with Gasteiger partial charge >= 0.3 is 0 Å². The number of aryl methyl sites for hydroxylation is 1. The van der Waals surface area contributed by atoms with Gasteiger partial charge in [0.25, 0.3) is 0 Å². The first-order valence-corrected chi connectivity index (χ1v) is 30.2. The van der Waals surface area contributed by atoms with Crippen molar-refractivity contribution >= 4 is 0 Å². The van der Waals surface area contributed by atoms with E-state index in [0.29, 0.717) is 11.0 Å². The molecule has 1 unspecified atom stereocenters. The lowest BCUT2D eigenvalue weighted by atomic mass is 9.83. The van der Waals surface area contributed by atoms with Gasteiger partial charge in [-0.05, 0) is 141 Å². The SMILES string of the molecule is CC.CC.CC.CC.CC.CC(C)(C)C1CCCN1C(C)(C)C.CC(C)(C)c1cccn1C(C)(C)C.CC(C)(C)c1cncn1C(C)(C)C.CC(C)(C)c1nccn1C(C)(C)C.C[n+]1ccc(C(C)(C)C)n1C(C)(C)C. The van der Waals surface area contributed by atoms with Crippen molar-refractivity contribution < 1.29 is 4.68 Å². The van der Waals surface area contributed by atoms with Gasteiger partial charge in [0, 0.05) is 92.1 Å². The molecule has 1 aliphatic heterocycles. The Balaban J connectivity index is -0.000000265. The van der Waals surface area contributed by atoms with Gasteiger partial charge in [-0.1, -0.05) is 173 Å². The van der Waals surface area contributed by atoms with E-state index in [1.165, 1.54) is 36.5 Å². The van der Waals surface area contributed by atoms with Gasteiger partial charge in [0.2, 0.25) is 0 Å². The fraction of sp³-hybridized carbons (Fsp3) is 0.809. The van der Waals surface area contributed by atoms with E-state index in [4.69, 9.17) is 0 Å². The summed E-state index contributed by atoms with van der Waals surface area (Å²) in [6.07, 6.45) is 14.9. The molecule has 0 radical (unpaired) electrons. The Morgan fingerprint density at radius 3 is 1.12 bits per heavy atom. The average Bonchev–Trinajstić information content (AvgIpc) is 4.11. The van der Waals surface area contributed by atoms with Gasteiger partial charge in [0.05, 0.1) is 17.6 Å². The molecule has 8 heteroatoms. The molecule has 0 bridgehead atoms. The molecule has 1 saturated heterocycles. The van der Waals surface area contributed by atoms with Gasteiger partial charge in [0.1, 0.15) is 5.82 Å². The van der Waals surface area contributed by atoms with Crippen LogP contribution in [0.2, 0.25) is 0 Å². The number of aromatic nitrogens is 7. The van der Waals surface area contributed by atoms with E-state index < -0.39 is 0 Å². The molecular weight excluding hydrogens is 929 g/mol. The predicted molar refractivity (Wildman–Crippen MR) is 345 cm³/mol. The zero-order chi connectivity index (χ0) is 62.3. The van der Waals surface area contributed by atoms with Crippen molar-refractivity contribution in [2.45, 2.75) is 345 Å². The van der Waals surface area contributed by atoms with Crippen molar-refractivity contribution in [2.75, 3.05) is 6.54 Å². The van der Waals surface area contributed by atoms with Crippen LogP contribution in [-0.2, 0) is 50.9 Å². The zero-order valence-corrected chi connectivity index (χ0v) is 59.5. The molecule has 4 aromatic rings. The summed E-state index contributed by atoms with van der Waals surface area (Å²) in [5.41, 5.74) is 6.16. The molecule has 5 heterocycles. The second kappa shape index (κ2) is 33.5. The molecule has 0 aliphatic carbocycles. The first-order valence-electron chi connectivity index (χ1n) is 30.2. The molecule has 8 nitrogen and oxygen atoms in total. The van der Waals surface area contributed by atoms with Crippen LogP contribution in [0.4, 0.5) is 0 Å². The smallest absolute Gasteiger partial charge is 0.195 e. The third kappa shape index (κ3) is 28.7. The fourth-order valence-corrected chi connectivity index (χ4v) is 8.72. The molecule has 1 aliphatic rings. The Hall–Kier alpha value is -3.13. The highest BCUT2D eigenvalue weighted by Crippen LogP contribution is 2.37. The van der Waals surface area contributed by atoms with Crippen LogP contribution in [0.15, 0.2) is 55.5 Å². The van der Waals surface area contributed by atoms with E-state index >= 15 is 0 Å². The van der Waals surface area contributed by atoms with Gasteiger partial charge in [-0.3, -0.25) is 4.90 Å². The minimum atomic E-state index is 0.122. The first-order chi connectivity index (χ1) is 34.0. The van der Waals surface area contributed by atoms with Crippen molar-refractivity contribution in [2.24, 2.45) is 12.5 Å². The topological polar surface area (TPSA) is 52.6 Å². The van der Waals surface area contributed by atoms with Gasteiger partial charge in [-0.25, -0.2) is 9.97 Å². The summed E-state index contributed by atoms with van der Waals surface area (Å²) in [4.78, 5) is 11.3. The third-order valence-corrected chi connectivity index (χ3v) is 11.9. The highest BCUT2D eigenvalue weighted by atomic mass is 15.4. The van der Waals surface area contributed by atoms with E-state index in [1.807, 2.05) is 88.0 Å². The number of hydrogen-bond acceptors (Lipinski definition) is 3. The monoisotopic (exact) mass is 1070 g/mol. The number of hydrogen-bond donors (Lipinski definition) is 0. The maximum absolute atomic E-state index is 4.42. The van der Waals surface area contributed by atoms with Crippen molar-refractivity contribution in [3.05, 3.63) is 78.4 Å². The third-order valence-electron chi connectivity index (χ3n) is 11.9. The van der Waals surface area contributed by atoms with Crippen LogP contribution in [0.1, 0.15) is 313 Å². The largest absolute Gasteiger partial charge is 0.346 e. The molecule has 450 valence electrons. The summed E-state index contributed by atoms with van der Waals surface area (Å²) in [6.45, 7) is 88.7. The number of rotatable bonds is 0. The molecule has 5 rings (SSSR count). The van der Waals surface area contributed by atoms with Gasteiger partial charge in [0.15, 0.2) is 13.2 Å². The molecule has 0 N–H and O–H groups in total. The van der Waals surface area contributed by atoms with E-state index in [1.54, 1.807) is 0 Å². The summed E-state index contributed by atoms with van der Waals surface area (Å²) in [7, 11) is 2.10. The lowest BCUT2D eigenvalue weighted by Gasteiger charge is -2.43. The molecule has 4 aromatic heterocycles. The molecule has 0 spiro atoms. The van der Waals surface area contributed by atoms with Crippen molar-refractivity contribution in [1.82, 2.24) is 33.3 Å². The van der Waals surface area contributed by atoms with Crippen LogP contribution in [-0.4, -0.2) is 51.4 Å². The highest BCUT2D eigenvalue weighted by molar-refractivity contribution is 5.18. The summed E-state index contributed by atoms with van der Waals surface area (Å²) in [6, 6.07) is 7.33. The molecule has 0 saturated carbocycles. The summed E-state index contributed by atoms with van der Waals surface area (Å²) >= 11 is 0. The maximum atomic E-state index is 4.42. The lowest BCUT2D eigenvalue weighted by Crippen LogP contribution is -2.49. The Labute approximate surface area is 478 Å². The van der Waals surface area contributed by atoms with Crippen LogP contribution in [0, 0.1) is 5.41 Å². The molecule has 1 atom stereocenters. The number of nitrogens with zero attached hydrogens (tertiary/aromatic N) is 8. The van der Waals surface area contributed by atoms with Crippen LogP contribution < -0.4 is 4.68 Å². The molecule has 76 heavy (non-hydrogen) atoms. The minimum Gasteiger partial charge on any atom is -0.346 e. The summed E-state index contributed by atoms with van der Waals surface area (Å²) < 4.78 is 11.4. The van der Waals surface area contributed by atoms with E-state index in [-0.39, 0.29) is 43.8 Å². The van der Waals surface area contributed by atoms with E-state index in [2.05, 4.69) is 289 Å². The van der Waals surface area contributed by atoms with Crippen LogP contribution in [0.3, 0.4) is 0 Å². The Bertz CT molecular complexity index is 1770. The lowest BCUT2D eigenvalue weighted by molar-refractivity contribution is -0.760. The quantitative estimate of drug-likeness (QED) is 0.165. The molecular formula is C68H139N8+. The van der Waals surface area contributed by atoms with Gasteiger partial charge < -0.3 is 13.7 Å². The summed E-state index contributed by atoms with van der Waals surface area (Å²) in [5.74, 6) is 1.15. The van der Waals surface area contributed by atoms with Gasteiger partial charge in [-0.2, -0.15) is 4.68 Å². The Morgan fingerprint density at radius 2 is 0.855 bits per heavy atom. The predicted octanol–water partition coefficient (Wildman–Crippen LogP) is 20.2.